The van der Waals surface area contributed by atoms with Crippen LogP contribution in [0.25, 0.3) is 11.1 Å². The lowest BCUT2D eigenvalue weighted by Gasteiger charge is -2.08. The van der Waals surface area contributed by atoms with Crippen LogP contribution < -0.4 is 20.6 Å². The van der Waals surface area contributed by atoms with Crippen LogP contribution in [-0.4, -0.2) is 23.4 Å². The van der Waals surface area contributed by atoms with Crippen molar-refractivity contribution in [3.05, 3.63) is 45.0 Å². The molecule has 6 heteroatoms. The summed E-state index contributed by atoms with van der Waals surface area (Å²) in [4.78, 5) is 23.0. The molecule has 19 heavy (non-hydrogen) atoms. The summed E-state index contributed by atoms with van der Waals surface area (Å²) in [7, 11) is 0. The lowest BCUT2D eigenvalue weighted by Crippen LogP contribution is -2.19. The van der Waals surface area contributed by atoms with Crippen LogP contribution in [0, 0.1) is 0 Å². The Hall–Kier alpha value is -2.50. The third-order valence-electron chi connectivity index (χ3n) is 2.88. The van der Waals surface area contributed by atoms with Gasteiger partial charge in [-0.05, 0) is 17.7 Å². The summed E-state index contributed by atoms with van der Waals surface area (Å²) in [5.41, 5.74) is 0.215. The second-order valence-electron chi connectivity index (χ2n) is 4.21. The fourth-order valence-corrected chi connectivity index (χ4v) is 1.96. The molecule has 2 N–H and O–H groups in total. The molecule has 6 nitrogen and oxygen atoms in total. The fraction of sp³-hybridized carbons (Fsp3) is 0.231. The second kappa shape index (κ2) is 4.64. The van der Waals surface area contributed by atoms with Gasteiger partial charge in [0.15, 0.2) is 11.5 Å². The first-order valence-electron chi connectivity index (χ1n) is 5.96. The second-order valence-corrected chi connectivity index (χ2v) is 4.21. The van der Waals surface area contributed by atoms with Crippen LogP contribution in [-0.2, 0) is 0 Å². The average Bonchev–Trinajstić information content (AvgIpc) is 2.66. The van der Waals surface area contributed by atoms with Gasteiger partial charge in [0.2, 0.25) is 0 Å². The zero-order valence-electron chi connectivity index (χ0n) is 10.1. The van der Waals surface area contributed by atoms with Crippen molar-refractivity contribution in [2.45, 2.75) is 6.42 Å². The molecule has 0 radical (unpaired) electrons. The lowest BCUT2D eigenvalue weighted by atomic mass is 10.1. The maximum atomic E-state index is 11.7. The lowest BCUT2D eigenvalue weighted by molar-refractivity contribution is 0.297. The monoisotopic (exact) mass is 260 g/mol. The maximum Gasteiger partial charge on any atom is 0.270 e. The van der Waals surface area contributed by atoms with Crippen LogP contribution >= 0.6 is 0 Å². The highest BCUT2D eigenvalue weighted by Crippen LogP contribution is 2.32. The predicted molar refractivity (Wildman–Crippen MR) is 68.7 cm³/mol. The van der Waals surface area contributed by atoms with Crippen LogP contribution in [0.1, 0.15) is 6.42 Å². The van der Waals surface area contributed by atoms with Crippen molar-refractivity contribution in [2.24, 2.45) is 0 Å². The zero-order valence-corrected chi connectivity index (χ0v) is 10.1. The summed E-state index contributed by atoms with van der Waals surface area (Å²) in [6.07, 6.45) is 0.815. The van der Waals surface area contributed by atoms with Crippen molar-refractivity contribution in [3.8, 4) is 22.6 Å². The Labute approximate surface area is 108 Å². The molecule has 2 aromatic rings. The largest absolute Gasteiger partial charge is 0.490 e. The number of aromatic amines is 2. The van der Waals surface area contributed by atoms with E-state index in [1.165, 1.54) is 6.07 Å². The molecule has 0 amide bonds. The van der Waals surface area contributed by atoms with Gasteiger partial charge >= 0.3 is 0 Å². The van der Waals surface area contributed by atoms with Crippen molar-refractivity contribution in [1.82, 2.24) is 10.2 Å². The van der Waals surface area contributed by atoms with E-state index >= 15 is 0 Å². The van der Waals surface area contributed by atoms with Crippen molar-refractivity contribution in [1.29, 1.82) is 0 Å². The first-order valence-corrected chi connectivity index (χ1v) is 5.96. The van der Waals surface area contributed by atoms with Gasteiger partial charge in [0.25, 0.3) is 11.1 Å². The first kappa shape index (κ1) is 11.6. The number of hydrogen-bond donors (Lipinski definition) is 2. The van der Waals surface area contributed by atoms with Gasteiger partial charge in [-0.1, -0.05) is 6.07 Å². The molecule has 98 valence electrons. The molecule has 1 aromatic carbocycles. The Balaban J connectivity index is 2.11. The number of nitrogens with one attached hydrogen (secondary N) is 2. The van der Waals surface area contributed by atoms with Gasteiger partial charge in [0.1, 0.15) is 0 Å². The topological polar surface area (TPSA) is 84.2 Å². The highest BCUT2D eigenvalue weighted by atomic mass is 16.5. The van der Waals surface area contributed by atoms with Crippen LogP contribution in [0.2, 0.25) is 0 Å². The minimum absolute atomic E-state index is 0.305. The van der Waals surface area contributed by atoms with E-state index in [1.807, 2.05) is 0 Å². The standard InChI is InChI=1S/C13H12N2O4/c16-12-7-9(13(17)15-14-12)8-2-3-10-11(6-8)19-5-1-4-18-10/h2-3,6-7H,1,4-5H2,(H,14,16)(H,15,17). The third-order valence-corrected chi connectivity index (χ3v) is 2.88. The van der Waals surface area contributed by atoms with Gasteiger partial charge in [-0.25, -0.2) is 0 Å². The molecule has 0 atom stereocenters. The minimum atomic E-state index is -0.360. The van der Waals surface area contributed by atoms with Gasteiger partial charge in [-0.3, -0.25) is 19.8 Å². The molecule has 0 saturated carbocycles. The summed E-state index contributed by atoms with van der Waals surface area (Å²) < 4.78 is 11.1. The number of fused-ring (bicyclic) bond motifs is 1. The molecular formula is C13H12N2O4. The number of rotatable bonds is 1. The zero-order chi connectivity index (χ0) is 13.2. The fourth-order valence-electron chi connectivity index (χ4n) is 1.96. The van der Waals surface area contributed by atoms with Crippen molar-refractivity contribution >= 4 is 0 Å². The van der Waals surface area contributed by atoms with Gasteiger partial charge in [-0.15, -0.1) is 0 Å². The molecule has 0 unspecified atom stereocenters. The van der Waals surface area contributed by atoms with Crippen LogP contribution in [0.15, 0.2) is 33.9 Å². The van der Waals surface area contributed by atoms with E-state index in [0.29, 0.717) is 35.8 Å². The highest BCUT2D eigenvalue weighted by molar-refractivity contribution is 5.66. The third kappa shape index (κ3) is 2.24. The van der Waals surface area contributed by atoms with Gasteiger partial charge < -0.3 is 9.47 Å². The molecule has 0 fully saturated rings. The highest BCUT2D eigenvalue weighted by Gasteiger charge is 2.13. The summed E-state index contributed by atoms with van der Waals surface area (Å²) in [6.45, 7) is 1.18. The Morgan fingerprint density at radius 2 is 1.74 bits per heavy atom. The quantitative estimate of drug-likeness (QED) is 0.797. The van der Waals surface area contributed by atoms with Crippen LogP contribution in [0.5, 0.6) is 11.5 Å². The molecule has 0 bridgehead atoms. The summed E-state index contributed by atoms with van der Waals surface area (Å²) in [5.74, 6) is 1.25. The maximum absolute atomic E-state index is 11.7. The Morgan fingerprint density at radius 1 is 0.947 bits per heavy atom. The van der Waals surface area contributed by atoms with E-state index in [0.717, 1.165) is 6.42 Å². The molecule has 2 heterocycles. The Bertz CT molecular complexity index is 717. The summed E-state index contributed by atoms with van der Waals surface area (Å²) >= 11 is 0. The number of benzene rings is 1. The average molecular weight is 260 g/mol. The van der Waals surface area contributed by atoms with Gasteiger partial charge in [0, 0.05) is 12.5 Å². The normalized spacial score (nSPS) is 13.9. The molecular weight excluding hydrogens is 248 g/mol. The molecule has 1 aliphatic rings. The van der Waals surface area contributed by atoms with Crippen LogP contribution in [0.4, 0.5) is 0 Å². The number of aromatic nitrogens is 2. The predicted octanol–water partition coefficient (Wildman–Crippen LogP) is 0.891. The SMILES string of the molecule is O=c1cc(-c2ccc3c(c2)OCCCO3)c(=O)[nH][nH]1. The molecule has 0 aliphatic carbocycles. The van der Waals surface area contributed by atoms with Crippen LogP contribution in [0.3, 0.4) is 0 Å². The van der Waals surface area contributed by atoms with Gasteiger partial charge in [-0.2, -0.15) is 0 Å². The Morgan fingerprint density at radius 3 is 2.58 bits per heavy atom. The van der Waals surface area contributed by atoms with E-state index < -0.39 is 0 Å². The summed E-state index contributed by atoms with van der Waals surface area (Å²) in [6, 6.07) is 6.46. The van der Waals surface area contributed by atoms with Gasteiger partial charge in [0.05, 0.1) is 18.8 Å². The summed E-state index contributed by atoms with van der Waals surface area (Å²) in [5, 5.41) is 4.53. The van der Waals surface area contributed by atoms with Crippen molar-refractivity contribution < 1.29 is 9.47 Å². The molecule has 0 spiro atoms. The number of H-pyrrole nitrogens is 2. The van der Waals surface area contributed by atoms with E-state index in [2.05, 4.69) is 10.2 Å². The minimum Gasteiger partial charge on any atom is -0.490 e. The van der Waals surface area contributed by atoms with E-state index in [1.54, 1.807) is 18.2 Å². The Kier molecular flexibility index (Phi) is 2.83. The van der Waals surface area contributed by atoms with E-state index in [4.69, 9.17) is 9.47 Å². The van der Waals surface area contributed by atoms with E-state index in [-0.39, 0.29) is 11.1 Å². The number of hydrogen-bond acceptors (Lipinski definition) is 4. The van der Waals surface area contributed by atoms with E-state index in [9.17, 15) is 9.59 Å². The van der Waals surface area contributed by atoms with Crippen molar-refractivity contribution in [2.75, 3.05) is 13.2 Å². The molecule has 0 saturated heterocycles. The van der Waals surface area contributed by atoms with Crippen molar-refractivity contribution in [3.63, 3.8) is 0 Å². The molecule has 1 aromatic heterocycles. The first-order chi connectivity index (χ1) is 9.24. The molecule has 1 aliphatic heterocycles. The number of ether oxygens (including phenoxy) is 2. The molecule has 3 rings (SSSR count). The smallest absolute Gasteiger partial charge is 0.270 e.